The van der Waals surface area contributed by atoms with Crippen LogP contribution >= 0.6 is 33.9 Å². The van der Waals surface area contributed by atoms with Crippen LogP contribution in [0.15, 0.2) is 30.3 Å². The van der Waals surface area contributed by atoms with Crippen molar-refractivity contribution in [2.75, 3.05) is 5.32 Å². The van der Waals surface area contributed by atoms with Gasteiger partial charge < -0.3 is 5.32 Å². The van der Waals surface area contributed by atoms with E-state index in [9.17, 15) is 22.8 Å². The summed E-state index contributed by atoms with van der Waals surface area (Å²) >= 11 is 3.20. The van der Waals surface area contributed by atoms with Crippen LogP contribution in [0, 0.1) is 10.5 Å². The van der Waals surface area contributed by atoms with E-state index in [-0.39, 0.29) is 24.3 Å². The number of rotatable bonds is 5. The summed E-state index contributed by atoms with van der Waals surface area (Å²) in [6.45, 7) is 1.88. The van der Waals surface area contributed by atoms with E-state index in [1.165, 1.54) is 17.4 Å². The maximum Gasteiger partial charge on any atom is 0.416 e. The standard InChI is InChI=1S/C16H13F3INO2S/c1-9-2-6-14(24-9)13(22)5-7-15(23)21-12-8-10(16(17,18)19)3-4-11(12)20/h2-4,6,8H,5,7H2,1H3,(H,21,23). The molecule has 2 rings (SSSR count). The van der Waals surface area contributed by atoms with Gasteiger partial charge in [-0.05, 0) is 59.8 Å². The summed E-state index contributed by atoms with van der Waals surface area (Å²) in [5.74, 6) is -0.643. The van der Waals surface area contributed by atoms with Crippen molar-refractivity contribution in [3.8, 4) is 0 Å². The highest BCUT2D eigenvalue weighted by Gasteiger charge is 2.31. The molecular weight excluding hydrogens is 454 g/mol. The Kier molecular flexibility index (Phi) is 6.02. The van der Waals surface area contributed by atoms with Crippen molar-refractivity contribution >= 4 is 51.3 Å². The van der Waals surface area contributed by atoms with Crippen molar-refractivity contribution < 1.29 is 22.8 Å². The number of Topliss-reactive ketones (excluding diaryl/α,β-unsaturated/α-hetero) is 1. The van der Waals surface area contributed by atoms with Crippen molar-refractivity contribution in [2.24, 2.45) is 0 Å². The first-order valence-electron chi connectivity index (χ1n) is 6.93. The molecule has 0 atom stereocenters. The lowest BCUT2D eigenvalue weighted by Crippen LogP contribution is -2.15. The molecule has 0 saturated carbocycles. The molecular formula is C16H13F3INO2S. The summed E-state index contributed by atoms with van der Waals surface area (Å²) in [4.78, 5) is 25.4. The zero-order valence-corrected chi connectivity index (χ0v) is 15.5. The monoisotopic (exact) mass is 467 g/mol. The van der Waals surface area contributed by atoms with E-state index >= 15 is 0 Å². The number of nitrogens with one attached hydrogen (secondary N) is 1. The molecule has 24 heavy (non-hydrogen) atoms. The number of aryl methyl sites for hydroxylation is 1. The molecule has 128 valence electrons. The molecule has 0 bridgehead atoms. The Hall–Kier alpha value is -1.42. The third-order valence-corrected chi connectivity index (χ3v) is 5.14. The number of hydrogen-bond acceptors (Lipinski definition) is 3. The fourth-order valence-corrected chi connectivity index (χ4v) is 3.25. The average molecular weight is 467 g/mol. The highest BCUT2D eigenvalue weighted by molar-refractivity contribution is 14.1. The first kappa shape index (κ1) is 18.9. The van der Waals surface area contributed by atoms with Crippen molar-refractivity contribution in [1.29, 1.82) is 0 Å². The largest absolute Gasteiger partial charge is 0.416 e. The van der Waals surface area contributed by atoms with Crippen LogP contribution in [0.1, 0.15) is 33.0 Å². The second-order valence-corrected chi connectivity index (χ2v) is 7.52. The molecule has 0 aliphatic rings. The summed E-state index contributed by atoms with van der Waals surface area (Å²) < 4.78 is 38.7. The van der Waals surface area contributed by atoms with Gasteiger partial charge in [0.25, 0.3) is 0 Å². The van der Waals surface area contributed by atoms with Crippen LogP contribution in [0.4, 0.5) is 18.9 Å². The first-order chi connectivity index (χ1) is 11.2. The average Bonchev–Trinajstić information content (AvgIpc) is 2.92. The second kappa shape index (κ2) is 7.64. The number of halogens is 4. The molecule has 0 saturated heterocycles. The topological polar surface area (TPSA) is 46.2 Å². The van der Waals surface area contributed by atoms with E-state index in [1.807, 2.05) is 35.6 Å². The van der Waals surface area contributed by atoms with Crippen LogP contribution in [0.3, 0.4) is 0 Å². The summed E-state index contributed by atoms with van der Waals surface area (Å²) in [5, 5.41) is 2.44. The van der Waals surface area contributed by atoms with Gasteiger partial charge in [-0.25, -0.2) is 0 Å². The molecule has 1 amide bonds. The zero-order valence-electron chi connectivity index (χ0n) is 12.5. The Morgan fingerprint density at radius 1 is 1.17 bits per heavy atom. The summed E-state index contributed by atoms with van der Waals surface area (Å²) in [5.41, 5.74) is -0.738. The van der Waals surface area contributed by atoms with Crippen LogP contribution in [0.25, 0.3) is 0 Å². The lowest BCUT2D eigenvalue weighted by atomic mass is 10.1. The number of carbonyl (C=O) groups excluding carboxylic acids is 2. The lowest BCUT2D eigenvalue weighted by molar-refractivity contribution is -0.137. The minimum absolute atomic E-state index is 0.0152. The number of ketones is 1. The maximum absolute atomic E-state index is 12.7. The third kappa shape index (κ3) is 5.04. The molecule has 8 heteroatoms. The number of anilines is 1. The number of amides is 1. The Bertz CT molecular complexity index is 771. The second-order valence-electron chi connectivity index (χ2n) is 5.07. The summed E-state index contributed by atoms with van der Waals surface area (Å²) in [6.07, 6.45) is -4.54. The van der Waals surface area contributed by atoms with Gasteiger partial charge in [0.1, 0.15) is 0 Å². The van der Waals surface area contributed by atoms with Gasteiger partial charge >= 0.3 is 6.18 Å². The molecule has 1 aromatic carbocycles. The van der Waals surface area contributed by atoms with Crippen molar-refractivity contribution in [1.82, 2.24) is 0 Å². The molecule has 0 unspecified atom stereocenters. The fourth-order valence-electron chi connectivity index (χ4n) is 1.94. The first-order valence-corrected chi connectivity index (χ1v) is 8.82. The minimum atomic E-state index is -4.48. The predicted octanol–water partition coefficient (Wildman–Crippen LogP) is 5.28. The van der Waals surface area contributed by atoms with Gasteiger partial charge in [-0.3, -0.25) is 9.59 Å². The van der Waals surface area contributed by atoms with Crippen LogP contribution in [0.2, 0.25) is 0 Å². The van der Waals surface area contributed by atoms with Gasteiger partial charge in [-0.1, -0.05) is 0 Å². The number of alkyl halides is 3. The van der Waals surface area contributed by atoms with Crippen LogP contribution < -0.4 is 5.32 Å². The fraction of sp³-hybridized carbons (Fsp3) is 0.250. The van der Waals surface area contributed by atoms with Crippen molar-refractivity contribution in [3.63, 3.8) is 0 Å². The van der Waals surface area contributed by atoms with Gasteiger partial charge in [0.05, 0.1) is 16.1 Å². The van der Waals surface area contributed by atoms with Gasteiger partial charge in [0, 0.05) is 21.3 Å². The molecule has 0 fully saturated rings. The van der Waals surface area contributed by atoms with E-state index in [1.54, 1.807) is 6.07 Å². The SMILES string of the molecule is Cc1ccc(C(=O)CCC(=O)Nc2cc(C(F)(F)F)ccc2I)s1. The molecule has 0 spiro atoms. The Labute approximate surface area is 154 Å². The number of thiophene rings is 1. The van der Waals surface area contributed by atoms with Gasteiger partial charge in [0.15, 0.2) is 5.78 Å². The van der Waals surface area contributed by atoms with E-state index in [4.69, 9.17) is 0 Å². The molecule has 3 nitrogen and oxygen atoms in total. The third-order valence-electron chi connectivity index (χ3n) is 3.16. The molecule has 2 aromatic rings. The van der Waals surface area contributed by atoms with E-state index < -0.39 is 17.6 Å². The lowest BCUT2D eigenvalue weighted by Gasteiger charge is -2.11. The van der Waals surface area contributed by atoms with E-state index in [0.29, 0.717) is 8.45 Å². The Morgan fingerprint density at radius 3 is 2.46 bits per heavy atom. The minimum Gasteiger partial charge on any atom is -0.325 e. The zero-order chi connectivity index (χ0) is 17.9. The highest BCUT2D eigenvalue weighted by Crippen LogP contribution is 2.32. The maximum atomic E-state index is 12.7. The molecule has 1 aromatic heterocycles. The predicted molar refractivity (Wildman–Crippen MR) is 95.4 cm³/mol. The summed E-state index contributed by atoms with van der Waals surface area (Å²) in [7, 11) is 0. The van der Waals surface area contributed by atoms with Crippen molar-refractivity contribution in [2.45, 2.75) is 25.9 Å². The van der Waals surface area contributed by atoms with Gasteiger partial charge in [-0.2, -0.15) is 13.2 Å². The van der Waals surface area contributed by atoms with Crippen LogP contribution in [-0.4, -0.2) is 11.7 Å². The number of carbonyl (C=O) groups is 2. The van der Waals surface area contributed by atoms with Gasteiger partial charge in [0.2, 0.25) is 5.91 Å². The molecule has 1 N–H and O–H groups in total. The molecule has 0 radical (unpaired) electrons. The molecule has 0 aliphatic carbocycles. The smallest absolute Gasteiger partial charge is 0.325 e. The normalized spacial score (nSPS) is 11.4. The Morgan fingerprint density at radius 2 is 1.88 bits per heavy atom. The molecule has 0 aliphatic heterocycles. The van der Waals surface area contributed by atoms with Crippen LogP contribution in [0.5, 0.6) is 0 Å². The summed E-state index contributed by atoms with van der Waals surface area (Å²) in [6, 6.07) is 6.67. The van der Waals surface area contributed by atoms with Crippen LogP contribution in [-0.2, 0) is 11.0 Å². The quantitative estimate of drug-likeness (QED) is 0.481. The van der Waals surface area contributed by atoms with E-state index in [0.717, 1.165) is 17.0 Å². The number of benzene rings is 1. The molecule has 1 heterocycles. The highest BCUT2D eigenvalue weighted by atomic mass is 127. The number of hydrogen-bond donors (Lipinski definition) is 1. The van der Waals surface area contributed by atoms with Crippen molar-refractivity contribution in [3.05, 3.63) is 49.2 Å². The Balaban J connectivity index is 1.98. The van der Waals surface area contributed by atoms with E-state index in [2.05, 4.69) is 5.32 Å². The van der Waals surface area contributed by atoms with Gasteiger partial charge in [-0.15, -0.1) is 11.3 Å².